The van der Waals surface area contributed by atoms with Gasteiger partial charge < -0.3 is 20.1 Å². The maximum atomic E-state index is 13.5. The summed E-state index contributed by atoms with van der Waals surface area (Å²) in [5, 5.41) is 5.19. The molecule has 0 bridgehead atoms. The molecule has 1 atom stereocenters. The lowest BCUT2D eigenvalue weighted by Crippen LogP contribution is -2.19. The smallest absolute Gasteiger partial charge is 0.255 e. The second-order valence-corrected chi connectivity index (χ2v) is 9.13. The van der Waals surface area contributed by atoms with E-state index in [1.165, 1.54) is 43.1 Å². The molecule has 2 amide bonds. The highest BCUT2D eigenvalue weighted by Gasteiger charge is 2.24. The van der Waals surface area contributed by atoms with E-state index in [1.807, 2.05) is 36.4 Å². The molecule has 0 saturated heterocycles. The molecule has 0 aliphatic carbocycles. The fraction of sp³-hybridized carbons (Fsp3) is 0.103. The van der Waals surface area contributed by atoms with Crippen molar-refractivity contribution < 1.29 is 23.5 Å². The summed E-state index contributed by atoms with van der Waals surface area (Å²) in [6.07, 6.45) is 0. The van der Waals surface area contributed by atoms with Crippen molar-refractivity contribution in [3.8, 4) is 11.5 Å². The Morgan fingerprint density at radius 3 is 2.27 bits per heavy atom. The third kappa shape index (κ3) is 6.68. The van der Waals surface area contributed by atoms with Crippen LogP contribution in [0.3, 0.4) is 0 Å². The molecule has 0 fully saturated rings. The van der Waals surface area contributed by atoms with Gasteiger partial charge in [-0.2, -0.15) is 0 Å². The average Bonchev–Trinajstić information content (AvgIpc) is 2.92. The van der Waals surface area contributed by atoms with E-state index < -0.39 is 11.1 Å². The molecule has 1 unspecified atom stereocenters. The van der Waals surface area contributed by atoms with E-state index in [0.717, 1.165) is 10.5 Å². The zero-order valence-electron chi connectivity index (χ0n) is 20.2. The molecule has 0 aliphatic heterocycles. The number of halogens is 1. The first kappa shape index (κ1) is 25.8. The average molecular weight is 517 g/mol. The molecule has 37 heavy (non-hydrogen) atoms. The minimum absolute atomic E-state index is 0.247. The lowest BCUT2D eigenvalue weighted by atomic mass is 10.1. The van der Waals surface area contributed by atoms with Crippen molar-refractivity contribution in [2.45, 2.75) is 10.1 Å². The first-order valence-corrected chi connectivity index (χ1v) is 12.3. The van der Waals surface area contributed by atoms with Crippen molar-refractivity contribution in [1.82, 2.24) is 0 Å². The highest BCUT2D eigenvalue weighted by atomic mass is 32.2. The summed E-state index contributed by atoms with van der Waals surface area (Å²) in [5.41, 5.74) is 2.20. The Kier molecular flexibility index (Phi) is 8.43. The third-order valence-electron chi connectivity index (χ3n) is 5.46. The first-order chi connectivity index (χ1) is 18.0. The summed E-state index contributed by atoms with van der Waals surface area (Å²) in [6.45, 7) is 0. The fourth-order valence-corrected chi connectivity index (χ4v) is 4.68. The van der Waals surface area contributed by atoms with Crippen LogP contribution in [0.2, 0.25) is 0 Å². The van der Waals surface area contributed by atoms with Crippen LogP contribution >= 0.6 is 11.8 Å². The minimum Gasteiger partial charge on any atom is -0.497 e. The Bertz CT molecular complexity index is 1380. The molecular weight excluding hydrogens is 491 g/mol. The second kappa shape index (κ2) is 12.1. The van der Waals surface area contributed by atoms with Gasteiger partial charge in [-0.1, -0.05) is 36.4 Å². The Hall–Kier alpha value is -4.30. The lowest BCUT2D eigenvalue weighted by molar-refractivity contribution is -0.115. The number of hydrogen-bond donors (Lipinski definition) is 2. The molecule has 6 nitrogen and oxygen atoms in total. The Morgan fingerprint density at radius 1 is 0.811 bits per heavy atom. The number of carbonyl (C=O) groups is 2. The van der Waals surface area contributed by atoms with E-state index in [1.54, 1.807) is 43.5 Å². The highest BCUT2D eigenvalue weighted by molar-refractivity contribution is 8.00. The van der Waals surface area contributed by atoms with Gasteiger partial charge in [0.05, 0.1) is 19.9 Å². The van der Waals surface area contributed by atoms with Crippen LogP contribution in [0.5, 0.6) is 11.5 Å². The fourth-order valence-electron chi connectivity index (χ4n) is 3.60. The van der Waals surface area contributed by atoms with Crippen molar-refractivity contribution >= 4 is 35.0 Å². The molecule has 8 heteroatoms. The highest BCUT2D eigenvalue weighted by Crippen LogP contribution is 2.38. The monoisotopic (exact) mass is 516 g/mol. The predicted octanol–water partition coefficient (Wildman–Crippen LogP) is 6.57. The van der Waals surface area contributed by atoms with Gasteiger partial charge in [-0.15, -0.1) is 11.8 Å². The molecule has 4 aromatic rings. The van der Waals surface area contributed by atoms with Crippen LogP contribution in [0.1, 0.15) is 21.2 Å². The van der Waals surface area contributed by atoms with Crippen LogP contribution in [0, 0.1) is 5.82 Å². The molecule has 4 rings (SSSR count). The molecule has 188 valence electrons. The van der Waals surface area contributed by atoms with Crippen LogP contribution in [0.25, 0.3) is 0 Å². The summed E-state index contributed by atoms with van der Waals surface area (Å²) >= 11 is 1.35. The topological polar surface area (TPSA) is 76.7 Å². The van der Waals surface area contributed by atoms with Gasteiger partial charge in [0.25, 0.3) is 5.91 Å². The van der Waals surface area contributed by atoms with Crippen molar-refractivity contribution in [3.05, 3.63) is 114 Å². The number of anilines is 2. The van der Waals surface area contributed by atoms with Gasteiger partial charge in [0.2, 0.25) is 5.91 Å². The number of hydrogen-bond acceptors (Lipinski definition) is 5. The van der Waals surface area contributed by atoms with Gasteiger partial charge in [-0.3, -0.25) is 9.59 Å². The van der Waals surface area contributed by atoms with Crippen molar-refractivity contribution in [2.75, 3.05) is 24.9 Å². The summed E-state index contributed by atoms with van der Waals surface area (Å²) in [6, 6.07) is 27.1. The molecule has 0 radical (unpaired) electrons. The summed E-state index contributed by atoms with van der Waals surface area (Å²) in [4.78, 5) is 26.9. The predicted molar refractivity (Wildman–Crippen MR) is 144 cm³/mol. The number of nitrogens with one attached hydrogen (secondary N) is 2. The number of methoxy groups -OCH3 is 2. The number of benzene rings is 4. The van der Waals surface area contributed by atoms with Crippen molar-refractivity contribution in [2.24, 2.45) is 0 Å². The van der Waals surface area contributed by atoms with E-state index in [4.69, 9.17) is 9.47 Å². The van der Waals surface area contributed by atoms with Crippen molar-refractivity contribution in [1.29, 1.82) is 0 Å². The van der Waals surface area contributed by atoms with Gasteiger partial charge >= 0.3 is 0 Å². The molecule has 0 aliphatic rings. The van der Waals surface area contributed by atoms with E-state index >= 15 is 0 Å². The van der Waals surface area contributed by atoms with Crippen LogP contribution in [-0.2, 0) is 4.79 Å². The number of rotatable bonds is 9. The number of ether oxygens (including phenoxy) is 2. The minimum atomic E-state index is -0.597. The standard InChI is InChI=1S/C29H25FN2O4S/c1-35-23-15-16-26(36-2)25(18-23)32-29(34)27(19-7-4-3-5-8-19)37-24-10-6-9-22(17-24)31-28(33)20-11-13-21(30)14-12-20/h3-18,27H,1-2H3,(H,31,33)(H,32,34). The Balaban J connectivity index is 1.57. The third-order valence-corrected chi connectivity index (χ3v) is 6.71. The Labute approximate surface area is 218 Å². The van der Waals surface area contributed by atoms with Gasteiger partial charge in [0.1, 0.15) is 22.6 Å². The molecule has 0 spiro atoms. The molecule has 0 aromatic heterocycles. The SMILES string of the molecule is COc1ccc(OC)c(NC(=O)C(Sc2cccc(NC(=O)c3ccc(F)cc3)c2)c2ccccc2)c1. The van der Waals surface area contributed by atoms with Gasteiger partial charge in [-0.05, 0) is 60.2 Å². The molecule has 0 heterocycles. The number of amides is 2. The summed E-state index contributed by atoms with van der Waals surface area (Å²) in [5.74, 6) is 0.0842. The first-order valence-electron chi connectivity index (χ1n) is 11.4. The van der Waals surface area contributed by atoms with E-state index in [9.17, 15) is 14.0 Å². The van der Waals surface area contributed by atoms with Gasteiger partial charge in [0.15, 0.2) is 0 Å². The van der Waals surface area contributed by atoms with Gasteiger partial charge in [-0.25, -0.2) is 4.39 Å². The molecule has 2 N–H and O–H groups in total. The van der Waals surface area contributed by atoms with Crippen LogP contribution in [-0.4, -0.2) is 26.0 Å². The lowest BCUT2D eigenvalue weighted by Gasteiger charge is -2.19. The normalized spacial score (nSPS) is 11.3. The quantitative estimate of drug-likeness (QED) is 0.246. The van der Waals surface area contributed by atoms with Crippen LogP contribution in [0.4, 0.5) is 15.8 Å². The maximum absolute atomic E-state index is 13.5. The largest absolute Gasteiger partial charge is 0.497 e. The van der Waals surface area contributed by atoms with E-state index in [2.05, 4.69) is 10.6 Å². The van der Waals surface area contributed by atoms with E-state index in [0.29, 0.717) is 28.4 Å². The second-order valence-electron chi connectivity index (χ2n) is 7.95. The summed E-state index contributed by atoms with van der Waals surface area (Å²) < 4.78 is 23.9. The van der Waals surface area contributed by atoms with Crippen LogP contribution < -0.4 is 20.1 Å². The number of thioether (sulfide) groups is 1. The Morgan fingerprint density at radius 2 is 1.57 bits per heavy atom. The van der Waals surface area contributed by atoms with Crippen molar-refractivity contribution in [3.63, 3.8) is 0 Å². The van der Waals surface area contributed by atoms with Gasteiger partial charge in [0, 0.05) is 22.2 Å². The number of carbonyl (C=O) groups excluding carboxylic acids is 2. The molecule has 0 saturated carbocycles. The van der Waals surface area contributed by atoms with E-state index in [-0.39, 0.29) is 11.8 Å². The maximum Gasteiger partial charge on any atom is 0.255 e. The van der Waals surface area contributed by atoms with Crippen LogP contribution in [0.15, 0.2) is 102 Å². The zero-order chi connectivity index (χ0) is 26.2. The molecule has 4 aromatic carbocycles. The summed E-state index contributed by atoms with van der Waals surface area (Å²) in [7, 11) is 3.09. The zero-order valence-corrected chi connectivity index (χ0v) is 21.1. The molecular formula is C29H25FN2O4S.